The maximum atomic E-state index is 11.9. The zero-order valence-electron chi connectivity index (χ0n) is 10.8. The Balaban J connectivity index is 2.44. The Kier molecular flexibility index (Phi) is 3.55. The quantitative estimate of drug-likeness (QED) is 0.828. The van der Waals surface area contributed by atoms with Gasteiger partial charge in [-0.1, -0.05) is 6.92 Å². The van der Waals surface area contributed by atoms with Crippen LogP contribution in [-0.2, 0) is 0 Å². The summed E-state index contributed by atoms with van der Waals surface area (Å²) in [5, 5.41) is 12.6. The molecule has 2 N–H and O–H groups in total. The Morgan fingerprint density at radius 1 is 1.42 bits per heavy atom. The van der Waals surface area contributed by atoms with Gasteiger partial charge in [-0.25, -0.2) is 4.79 Å². The molecule has 0 aliphatic heterocycles. The lowest BCUT2D eigenvalue weighted by Gasteiger charge is -2.10. The van der Waals surface area contributed by atoms with Gasteiger partial charge in [-0.15, -0.1) is 0 Å². The van der Waals surface area contributed by atoms with Gasteiger partial charge in [-0.3, -0.25) is 4.79 Å². The molecule has 0 spiro atoms. The number of hydrogen-bond acceptors (Lipinski definition) is 4. The molecule has 0 unspecified atom stereocenters. The van der Waals surface area contributed by atoms with Crippen molar-refractivity contribution < 1.29 is 14.3 Å². The topological polar surface area (TPSA) is 79.5 Å². The highest BCUT2D eigenvalue weighted by atomic mass is 16.4. The van der Waals surface area contributed by atoms with E-state index in [0.29, 0.717) is 5.39 Å². The van der Waals surface area contributed by atoms with Crippen LogP contribution in [0.15, 0.2) is 33.5 Å². The second-order valence-electron chi connectivity index (χ2n) is 4.45. The van der Waals surface area contributed by atoms with Crippen LogP contribution in [0.2, 0.25) is 0 Å². The van der Waals surface area contributed by atoms with Crippen molar-refractivity contribution in [2.24, 2.45) is 0 Å². The smallest absolute Gasteiger partial charge is 0.349 e. The van der Waals surface area contributed by atoms with Crippen molar-refractivity contribution in [2.45, 2.75) is 26.3 Å². The van der Waals surface area contributed by atoms with Crippen molar-refractivity contribution in [1.82, 2.24) is 5.32 Å². The van der Waals surface area contributed by atoms with Gasteiger partial charge in [0.25, 0.3) is 5.91 Å². The van der Waals surface area contributed by atoms with Crippen molar-refractivity contribution >= 4 is 16.9 Å². The molecule has 0 saturated carbocycles. The second kappa shape index (κ2) is 5.14. The third-order valence-electron chi connectivity index (χ3n) is 2.95. The summed E-state index contributed by atoms with van der Waals surface area (Å²) in [6.07, 6.45) is 0.776. The van der Waals surface area contributed by atoms with Crippen molar-refractivity contribution in [3.05, 3.63) is 40.2 Å². The number of carbonyl (C=O) groups excluding carboxylic acids is 1. The molecule has 0 aliphatic rings. The lowest BCUT2D eigenvalue weighted by Crippen LogP contribution is -2.34. The summed E-state index contributed by atoms with van der Waals surface area (Å²) in [5.41, 5.74) is -0.484. The van der Waals surface area contributed by atoms with Gasteiger partial charge < -0.3 is 14.8 Å². The maximum Gasteiger partial charge on any atom is 0.349 e. The molecule has 1 atom stereocenters. The minimum atomic E-state index is -0.709. The maximum absolute atomic E-state index is 11.9. The first-order valence-electron chi connectivity index (χ1n) is 6.09. The highest BCUT2D eigenvalue weighted by Crippen LogP contribution is 2.19. The van der Waals surface area contributed by atoms with Crippen molar-refractivity contribution in [2.75, 3.05) is 0 Å². The third kappa shape index (κ3) is 2.76. The molecule has 1 aromatic carbocycles. The summed E-state index contributed by atoms with van der Waals surface area (Å²) >= 11 is 0. The Hall–Kier alpha value is -2.30. The van der Waals surface area contributed by atoms with Gasteiger partial charge in [0.15, 0.2) is 0 Å². The largest absolute Gasteiger partial charge is 0.508 e. The Bertz CT molecular complexity index is 675. The number of hydrogen-bond donors (Lipinski definition) is 2. The van der Waals surface area contributed by atoms with Crippen LogP contribution >= 0.6 is 0 Å². The number of fused-ring (bicyclic) bond motifs is 1. The van der Waals surface area contributed by atoms with E-state index in [1.54, 1.807) is 6.07 Å². The van der Waals surface area contributed by atoms with Gasteiger partial charge in [-0.05, 0) is 31.5 Å². The van der Waals surface area contributed by atoms with E-state index in [-0.39, 0.29) is 22.9 Å². The summed E-state index contributed by atoms with van der Waals surface area (Å²) in [6.45, 7) is 3.80. The zero-order valence-corrected chi connectivity index (χ0v) is 10.8. The predicted octanol–water partition coefficient (Wildman–Crippen LogP) is 2.03. The number of nitrogens with one attached hydrogen (secondary N) is 1. The van der Waals surface area contributed by atoms with Crippen LogP contribution in [0.25, 0.3) is 11.0 Å². The fraction of sp³-hybridized carbons (Fsp3) is 0.286. The molecule has 5 nitrogen and oxygen atoms in total. The highest BCUT2D eigenvalue weighted by Gasteiger charge is 2.15. The summed E-state index contributed by atoms with van der Waals surface area (Å²) in [5.74, 6) is -0.439. The molecule has 0 saturated heterocycles. The lowest BCUT2D eigenvalue weighted by molar-refractivity contribution is 0.0935. The molecule has 5 heteroatoms. The van der Waals surface area contributed by atoms with Crippen LogP contribution in [0.3, 0.4) is 0 Å². The highest BCUT2D eigenvalue weighted by molar-refractivity contribution is 5.96. The molecule has 100 valence electrons. The van der Waals surface area contributed by atoms with Gasteiger partial charge in [0.2, 0.25) is 0 Å². The van der Waals surface area contributed by atoms with Crippen LogP contribution in [-0.4, -0.2) is 17.1 Å². The lowest BCUT2D eigenvalue weighted by atomic mass is 10.1. The van der Waals surface area contributed by atoms with E-state index in [2.05, 4.69) is 5.32 Å². The molecule has 2 aromatic rings. The molecule has 0 aliphatic carbocycles. The van der Waals surface area contributed by atoms with E-state index in [9.17, 15) is 14.7 Å². The van der Waals surface area contributed by atoms with E-state index in [1.807, 2.05) is 13.8 Å². The summed E-state index contributed by atoms with van der Waals surface area (Å²) in [4.78, 5) is 23.7. The average molecular weight is 261 g/mol. The van der Waals surface area contributed by atoms with E-state index in [0.717, 1.165) is 6.42 Å². The number of amides is 1. The minimum absolute atomic E-state index is 0.00690. The van der Waals surface area contributed by atoms with Crippen LogP contribution in [0.1, 0.15) is 30.6 Å². The van der Waals surface area contributed by atoms with E-state index < -0.39 is 11.5 Å². The summed E-state index contributed by atoms with van der Waals surface area (Å²) in [7, 11) is 0. The number of aromatic hydroxyl groups is 1. The van der Waals surface area contributed by atoms with Crippen LogP contribution < -0.4 is 10.9 Å². The van der Waals surface area contributed by atoms with Crippen LogP contribution in [0, 0.1) is 0 Å². The molecule has 1 aromatic heterocycles. The normalized spacial score (nSPS) is 12.3. The third-order valence-corrected chi connectivity index (χ3v) is 2.95. The fourth-order valence-electron chi connectivity index (χ4n) is 1.66. The molecular formula is C14H15NO4. The first kappa shape index (κ1) is 13.1. The molecule has 0 fully saturated rings. The number of rotatable bonds is 3. The fourth-order valence-corrected chi connectivity index (χ4v) is 1.66. The molecule has 1 heterocycles. The molecule has 0 radical (unpaired) electrons. The van der Waals surface area contributed by atoms with Crippen molar-refractivity contribution in [1.29, 1.82) is 0 Å². The first-order chi connectivity index (χ1) is 9.01. The number of carbonyl (C=O) groups is 1. The molecular weight excluding hydrogens is 246 g/mol. The predicted molar refractivity (Wildman–Crippen MR) is 71.4 cm³/mol. The Labute approximate surface area is 109 Å². The standard InChI is InChI=1S/C14H15NO4/c1-3-8(2)15-13(17)11-6-9-4-5-10(16)7-12(9)19-14(11)18/h4-8,16H,3H2,1-2H3,(H,15,17)/t8-/m0/s1. The number of benzene rings is 1. The number of phenolic OH excluding ortho intramolecular Hbond substituents is 1. The Morgan fingerprint density at radius 2 is 2.16 bits per heavy atom. The minimum Gasteiger partial charge on any atom is -0.508 e. The molecule has 2 rings (SSSR count). The van der Waals surface area contributed by atoms with Gasteiger partial charge in [0, 0.05) is 17.5 Å². The number of phenols is 1. The SMILES string of the molecule is CC[C@H](C)NC(=O)c1cc2ccc(O)cc2oc1=O. The molecule has 0 bridgehead atoms. The summed E-state index contributed by atoms with van der Waals surface area (Å²) < 4.78 is 5.03. The first-order valence-corrected chi connectivity index (χ1v) is 6.09. The van der Waals surface area contributed by atoms with E-state index in [4.69, 9.17) is 4.42 Å². The second-order valence-corrected chi connectivity index (χ2v) is 4.45. The molecule has 19 heavy (non-hydrogen) atoms. The zero-order chi connectivity index (χ0) is 14.0. The van der Waals surface area contributed by atoms with E-state index in [1.165, 1.54) is 18.2 Å². The monoisotopic (exact) mass is 261 g/mol. The van der Waals surface area contributed by atoms with Crippen molar-refractivity contribution in [3.8, 4) is 5.75 Å². The van der Waals surface area contributed by atoms with E-state index >= 15 is 0 Å². The Morgan fingerprint density at radius 3 is 2.84 bits per heavy atom. The summed E-state index contributed by atoms with van der Waals surface area (Å²) in [6, 6.07) is 5.86. The van der Waals surface area contributed by atoms with Gasteiger partial charge >= 0.3 is 5.63 Å². The van der Waals surface area contributed by atoms with Crippen LogP contribution in [0.4, 0.5) is 0 Å². The van der Waals surface area contributed by atoms with Gasteiger partial charge in [0.05, 0.1) is 0 Å². The average Bonchev–Trinajstić information content (AvgIpc) is 2.37. The van der Waals surface area contributed by atoms with Gasteiger partial charge in [0.1, 0.15) is 16.9 Å². The van der Waals surface area contributed by atoms with Crippen LogP contribution in [0.5, 0.6) is 5.75 Å². The van der Waals surface area contributed by atoms with Gasteiger partial charge in [-0.2, -0.15) is 0 Å². The van der Waals surface area contributed by atoms with Crippen molar-refractivity contribution in [3.63, 3.8) is 0 Å². The molecule has 1 amide bonds.